The molecule has 1 aromatic carbocycles. The molecule has 1 atom stereocenters. The second kappa shape index (κ2) is 5.60. The molecule has 6 heteroatoms. The normalized spacial score (nSPS) is 18.1. The van der Waals surface area contributed by atoms with E-state index in [1.54, 1.807) is 31.4 Å². The molecule has 2 amide bonds. The van der Waals surface area contributed by atoms with Gasteiger partial charge in [-0.2, -0.15) is 0 Å². The lowest BCUT2D eigenvalue weighted by molar-refractivity contribution is -0.119. The highest BCUT2D eigenvalue weighted by Crippen LogP contribution is 2.23. The monoisotopic (exact) mass is 264 g/mol. The molecular weight excluding hydrogens is 248 g/mol. The molecule has 0 aromatic heterocycles. The van der Waals surface area contributed by atoms with E-state index in [4.69, 9.17) is 9.47 Å². The average Bonchev–Trinajstić information content (AvgIpc) is 2.78. The first-order valence-corrected chi connectivity index (χ1v) is 5.97. The van der Waals surface area contributed by atoms with Gasteiger partial charge in [-0.25, -0.2) is 4.79 Å². The molecule has 1 fully saturated rings. The Labute approximate surface area is 111 Å². The molecule has 6 nitrogen and oxygen atoms in total. The summed E-state index contributed by atoms with van der Waals surface area (Å²) in [4.78, 5) is 24.1. The van der Waals surface area contributed by atoms with Crippen molar-refractivity contribution < 1.29 is 19.1 Å². The Kier molecular flexibility index (Phi) is 3.89. The Bertz CT molecular complexity index is 472. The fraction of sp³-hybridized carbons (Fsp3) is 0.385. The van der Waals surface area contributed by atoms with Crippen molar-refractivity contribution >= 4 is 17.7 Å². The number of nitrogens with one attached hydrogen (secondary N) is 1. The number of nitrogens with zero attached hydrogens (tertiary/aromatic N) is 1. The molecule has 0 bridgehead atoms. The topological polar surface area (TPSA) is 67.9 Å². The molecule has 19 heavy (non-hydrogen) atoms. The number of hydrogen-bond acceptors (Lipinski definition) is 4. The van der Waals surface area contributed by atoms with Gasteiger partial charge in [0.2, 0.25) is 5.91 Å². The number of carbonyl (C=O) groups excluding carboxylic acids is 2. The van der Waals surface area contributed by atoms with Gasteiger partial charge in [0.1, 0.15) is 11.9 Å². The summed E-state index contributed by atoms with van der Waals surface area (Å²) in [6, 6.07) is 7.15. The number of carbonyl (C=O) groups is 2. The summed E-state index contributed by atoms with van der Waals surface area (Å²) in [7, 11) is 1.59. The number of hydrogen-bond donors (Lipinski definition) is 1. The van der Waals surface area contributed by atoms with Crippen molar-refractivity contribution in [3.63, 3.8) is 0 Å². The lowest BCUT2D eigenvalue weighted by atomic mass is 10.2. The van der Waals surface area contributed by atoms with E-state index in [1.807, 2.05) is 0 Å². The first-order valence-electron chi connectivity index (χ1n) is 5.97. The van der Waals surface area contributed by atoms with Gasteiger partial charge in [0.15, 0.2) is 0 Å². The maximum absolute atomic E-state index is 11.7. The summed E-state index contributed by atoms with van der Waals surface area (Å²) in [5.41, 5.74) is 0.746. The summed E-state index contributed by atoms with van der Waals surface area (Å²) < 4.78 is 10.2. The van der Waals surface area contributed by atoms with E-state index in [1.165, 1.54) is 11.8 Å². The summed E-state index contributed by atoms with van der Waals surface area (Å²) >= 11 is 0. The molecule has 1 aliphatic heterocycles. The van der Waals surface area contributed by atoms with Crippen LogP contribution in [0.3, 0.4) is 0 Å². The SMILES string of the molecule is COc1ccc(N2CC(CNC(C)=O)OC2=O)cc1. The van der Waals surface area contributed by atoms with Crippen LogP contribution in [0.1, 0.15) is 6.92 Å². The quantitative estimate of drug-likeness (QED) is 0.886. The molecular formula is C13H16N2O4. The number of benzene rings is 1. The van der Waals surface area contributed by atoms with Crippen molar-refractivity contribution in [2.45, 2.75) is 13.0 Å². The predicted octanol–water partition coefficient (Wildman–Crippen LogP) is 1.16. The van der Waals surface area contributed by atoms with E-state index in [0.29, 0.717) is 13.1 Å². The molecule has 1 heterocycles. The highest BCUT2D eigenvalue weighted by Gasteiger charge is 2.32. The van der Waals surface area contributed by atoms with Gasteiger partial charge in [-0.05, 0) is 24.3 Å². The largest absolute Gasteiger partial charge is 0.497 e. The average molecular weight is 264 g/mol. The van der Waals surface area contributed by atoms with E-state index >= 15 is 0 Å². The van der Waals surface area contributed by atoms with Crippen LogP contribution in [0.15, 0.2) is 24.3 Å². The highest BCUT2D eigenvalue weighted by atomic mass is 16.6. The Morgan fingerprint density at radius 1 is 1.47 bits per heavy atom. The van der Waals surface area contributed by atoms with Crippen LogP contribution in [0.4, 0.5) is 10.5 Å². The maximum Gasteiger partial charge on any atom is 0.414 e. The van der Waals surface area contributed by atoms with Crippen LogP contribution in [-0.2, 0) is 9.53 Å². The van der Waals surface area contributed by atoms with Crippen LogP contribution < -0.4 is 15.0 Å². The van der Waals surface area contributed by atoms with Crippen LogP contribution in [-0.4, -0.2) is 38.3 Å². The summed E-state index contributed by atoms with van der Waals surface area (Å²) in [6.07, 6.45) is -0.723. The number of rotatable bonds is 4. The highest BCUT2D eigenvalue weighted by molar-refractivity contribution is 5.89. The third-order valence-corrected chi connectivity index (χ3v) is 2.84. The zero-order valence-electron chi connectivity index (χ0n) is 10.9. The van der Waals surface area contributed by atoms with Crippen LogP contribution >= 0.6 is 0 Å². The molecule has 1 aromatic rings. The summed E-state index contributed by atoms with van der Waals surface area (Å²) in [6.45, 7) is 2.18. The molecule has 0 radical (unpaired) electrons. The van der Waals surface area contributed by atoms with Gasteiger partial charge in [-0.1, -0.05) is 0 Å². The van der Waals surface area contributed by atoms with Gasteiger partial charge >= 0.3 is 6.09 Å². The van der Waals surface area contributed by atoms with Crippen LogP contribution in [0.25, 0.3) is 0 Å². The Hall–Kier alpha value is -2.24. The molecule has 1 N–H and O–H groups in total. The van der Waals surface area contributed by atoms with E-state index in [-0.39, 0.29) is 12.0 Å². The second-order valence-electron chi connectivity index (χ2n) is 4.25. The van der Waals surface area contributed by atoms with E-state index in [9.17, 15) is 9.59 Å². The number of cyclic esters (lactones) is 1. The van der Waals surface area contributed by atoms with Gasteiger partial charge in [-0.3, -0.25) is 9.69 Å². The van der Waals surface area contributed by atoms with Gasteiger partial charge in [0.25, 0.3) is 0 Å². The first kappa shape index (κ1) is 13.2. The maximum atomic E-state index is 11.7. The number of amides is 2. The standard InChI is InChI=1S/C13H16N2O4/c1-9(16)14-7-12-8-15(13(17)19-12)10-3-5-11(18-2)6-4-10/h3-6,12H,7-8H2,1-2H3,(H,14,16). The minimum absolute atomic E-state index is 0.140. The molecule has 0 spiro atoms. The minimum Gasteiger partial charge on any atom is -0.497 e. The van der Waals surface area contributed by atoms with Crippen molar-refractivity contribution in [3.05, 3.63) is 24.3 Å². The predicted molar refractivity (Wildman–Crippen MR) is 69.3 cm³/mol. The van der Waals surface area contributed by atoms with E-state index in [0.717, 1.165) is 11.4 Å². The Morgan fingerprint density at radius 3 is 2.74 bits per heavy atom. The van der Waals surface area contributed by atoms with E-state index < -0.39 is 6.09 Å². The molecule has 102 valence electrons. The van der Waals surface area contributed by atoms with Crippen LogP contribution in [0.5, 0.6) is 5.75 Å². The lowest BCUT2D eigenvalue weighted by Gasteiger charge is -2.13. The number of anilines is 1. The van der Waals surface area contributed by atoms with Gasteiger partial charge in [0.05, 0.1) is 20.2 Å². The zero-order chi connectivity index (χ0) is 13.8. The van der Waals surface area contributed by atoms with Crippen LogP contribution in [0, 0.1) is 0 Å². The van der Waals surface area contributed by atoms with E-state index in [2.05, 4.69) is 5.32 Å². The summed E-state index contributed by atoms with van der Waals surface area (Å²) in [5, 5.41) is 2.64. The molecule has 2 rings (SSSR count). The van der Waals surface area contributed by atoms with Crippen LogP contribution in [0.2, 0.25) is 0 Å². The zero-order valence-corrected chi connectivity index (χ0v) is 10.9. The van der Waals surface area contributed by atoms with Gasteiger partial charge in [-0.15, -0.1) is 0 Å². The summed E-state index contributed by atoms with van der Waals surface area (Å²) in [5.74, 6) is 0.588. The molecule has 1 unspecified atom stereocenters. The fourth-order valence-electron chi connectivity index (χ4n) is 1.86. The Balaban J connectivity index is 2.00. The number of methoxy groups -OCH3 is 1. The smallest absolute Gasteiger partial charge is 0.414 e. The molecule has 0 saturated carbocycles. The minimum atomic E-state index is -0.402. The van der Waals surface area contributed by atoms with Crippen molar-refractivity contribution in [1.29, 1.82) is 0 Å². The van der Waals surface area contributed by atoms with Crippen molar-refractivity contribution in [3.8, 4) is 5.75 Å². The first-order chi connectivity index (χ1) is 9.10. The molecule has 1 aliphatic rings. The van der Waals surface area contributed by atoms with Crippen molar-refractivity contribution in [1.82, 2.24) is 5.32 Å². The Morgan fingerprint density at radius 2 is 2.16 bits per heavy atom. The number of ether oxygens (including phenoxy) is 2. The fourth-order valence-corrected chi connectivity index (χ4v) is 1.86. The third kappa shape index (κ3) is 3.15. The van der Waals surface area contributed by atoms with Gasteiger partial charge < -0.3 is 14.8 Å². The third-order valence-electron chi connectivity index (χ3n) is 2.84. The molecule has 1 saturated heterocycles. The lowest BCUT2D eigenvalue weighted by Crippen LogP contribution is -2.33. The van der Waals surface area contributed by atoms with Crippen molar-refractivity contribution in [2.24, 2.45) is 0 Å². The van der Waals surface area contributed by atoms with Crippen molar-refractivity contribution in [2.75, 3.05) is 25.1 Å². The molecule has 0 aliphatic carbocycles. The second-order valence-corrected chi connectivity index (χ2v) is 4.25. The van der Waals surface area contributed by atoms with Gasteiger partial charge in [0, 0.05) is 12.6 Å².